The fourth-order valence-corrected chi connectivity index (χ4v) is 10.9. The number of aromatic carboxylic acids is 1. The summed E-state index contributed by atoms with van der Waals surface area (Å²) in [5, 5.41) is 24.9. The molecule has 6 aromatic heterocycles. The van der Waals surface area contributed by atoms with Gasteiger partial charge in [0.05, 0.1) is 28.1 Å². The molecule has 1 atom stereocenters. The van der Waals surface area contributed by atoms with Gasteiger partial charge < -0.3 is 35.9 Å². The molecule has 0 saturated heterocycles. The van der Waals surface area contributed by atoms with Crippen molar-refractivity contribution in [2.24, 2.45) is 0 Å². The molecule has 0 radical (unpaired) electrons. The number of carboxylic acid groups (broad SMARTS) is 1. The minimum absolute atomic E-state index is 0. The normalized spacial score (nSPS) is 14.2. The van der Waals surface area contributed by atoms with Gasteiger partial charge in [-0.25, -0.2) is 14.8 Å². The van der Waals surface area contributed by atoms with Gasteiger partial charge in [0.25, 0.3) is 11.8 Å². The molecule has 72 heavy (non-hydrogen) atoms. The number of fused-ring (bicyclic) bond motifs is 2. The second-order valence-corrected chi connectivity index (χ2v) is 19.2. The Morgan fingerprint density at radius 3 is 1.68 bits per heavy atom. The van der Waals surface area contributed by atoms with Gasteiger partial charge >= 0.3 is 5.97 Å². The highest BCUT2D eigenvalue weighted by Gasteiger charge is 2.28. The van der Waals surface area contributed by atoms with Crippen LogP contribution >= 0.6 is 22.7 Å². The molecule has 0 bridgehead atoms. The first kappa shape index (κ1) is 50.7. The van der Waals surface area contributed by atoms with Gasteiger partial charge in [-0.2, -0.15) is 0 Å². The fourth-order valence-electron chi connectivity index (χ4n) is 9.23. The summed E-state index contributed by atoms with van der Waals surface area (Å²) < 4.78 is 0. The number of rotatable bonds is 14. The van der Waals surface area contributed by atoms with E-state index in [1.54, 1.807) is 49.9 Å². The molecule has 8 heterocycles. The zero-order chi connectivity index (χ0) is 49.9. The summed E-state index contributed by atoms with van der Waals surface area (Å²) in [6.45, 7) is 18.4. The van der Waals surface area contributed by atoms with Gasteiger partial charge in [-0.3, -0.25) is 19.6 Å². The monoisotopic (exact) mass is 998 g/mol. The first-order valence-corrected chi connectivity index (χ1v) is 25.2. The topological polar surface area (TPSA) is 194 Å². The summed E-state index contributed by atoms with van der Waals surface area (Å²) in [5.41, 5.74) is 16.4. The second-order valence-electron chi connectivity index (χ2n) is 17.5. The van der Waals surface area contributed by atoms with Gasteiger partial charge in [-0.05, 0) is 125 Å². The van der Waals surface area contributed by atoms with Crippen molar-refractivity contribution in [1.82, 2.24) is 40.1 Å². The molecule has 2 aromatic carbocycles. The van der Waals surface area contributed by atoms with E-state index in [1.807, 2.05) is 72.3 Å². The molecule has 2 aliphatic heterocycles. The third kappa shape index (κ3) is 10.4. The van der Waals surface area contributed by atoms with Crippen LogP contribution in [0.3, 0.4) is 0 Å². The maximum atomic E-state index is 13.0. The SMILES string of the molecule is C.CCN(CC)CCNC(C)c1c(C)[nH]c(/C=C2\C(=O)Nc3ccc(-c4csc(-c5cccnc5)n4)cc32)c1C.Cc1[nH]c(/C=C2\C(=O)Nc3ccc(-c4csc(-c5cccnc5)n4)cc32)c(C)c1C(=O)O. The van der Waals surface area contributed by atoms with Crippen LogP contribution in [0, 0.1) is 27.7 Å². The predicted molar refractivity (Wildman–Crippen MR) is 293 cm³/mol. The van der Waals surface area contributed by atoms with E-state index in [2.05, 4.69) is 86.9 Å². The number of benzene rings is 2. The van der Waals surface area contributed by atoms with Crippen molar-refractivity contribution in [2.45, 2.75) is 61.9 Å². The smallest absolute Gasteiger partial charge is 0.337 e. The van der Waals surface area contributed by atoms with Gasteiger partial charge in [0.2, 0.25) is 0 Å². The number of carboxylic acids is 1. The lowest BCUT2D eigenvalue weighted by Gasteiger charge is -2.21. The number of aromatic amines is 2. The molecule has 1 unspecified atom stereocenters. The number of hydrogen-bond donors (Lipinski definition) is 6. The molecular formula is C56H58N10O4S2. The number of nitrogens with zero attached hydrogens (tertiary/aromatic N) is 5. The second kappa shape index (κ2) is 21.8. The highest BCUT2D eigenvalue weighted by atomic mass is 32.1. The van der Waals surface area contributed by atoms with Crippen molar-refractivity contribution in [3.8, 4) is 43.7 Å². The van der Waals surface area contributed by atoms with Crippen LogP contribution < -0.4 is 16.0 Å². The van der Waals surface area contributed by atoms with Crippen LogP contribution in [-0.4, -0.2) is 83.9 Å². The van der Waals surface area contributed by atoms with Crippen LogP contribution in [0.5, 0.6) is 0 Å². The van der Waals surface area contributed by atoms with Gasteiger partial charge in [-0.15, -0.1) is 22.7 Å². The standard InChI is InChI=1S/C31H36N6OS.C24H18N4O3S.CH4/c1-6-37(7-2)14-13-33-20(4)29-19(3)27(34-21(29)5)16-25-24-15-22(10-11-26(24)35-30(25)38)28-18-39-31(36-28)23-9-8-12-32-17-23;1-12-19(26-13(2)21(12)24(30)31)9-17-16-8-14(5-6-18(16)27-22(17)29)20-11-32-23(28-20)15-4-3-7-25-10-15;/h8-12,15-18,20,33-34H,6-7,13-14H2,1-5H3,(H,35,38);3-11,26H,1-2H3,(H,27,29)(H,30,31);1H4/b25-16-;17-9-;. The van der Waals surface area contributed by atoms with E-state index >= 15 is 0 Å². The summed E-state index contributed by atoms with van der Waals surface area (Å²) in [7, 11) is 0. The predicted octanol–water partition coefficient (Wildman–Crippen LogP) is 11.9. The summed E-state index contributed by atoms with van der Waals surface area (Å²) in [4.78, 5) is 64.2. The number of amides is 2. The van der Waals surface area contributed by atoms with E-state index in [-0.39, 0.29) is 30.8 Å². The number of likely N-dealkylation sites (N-methyl/N-ethyl adjacent to an activating group) is 1. The summed E-state index contributed by atoms with van der Waals surface area (Å²) in [5.74, 6) is -1.31. The minimum Gasteiger partial charge on any atom is -0.478 e. The molecule has 16 heteroatoms. The largest absolute Gasteiger partial charge is 0.478 e. The van der Waals surface area contributed by atoms with Crippen molar-refractivity contribution in [1.29, 1.82) is 0 Å². The Hall–Kier alpha value is -7.63. The lowest BCUT2D eigenvalue weighted by molar-refractivity contribution is -0.111. The summed E-state index contributed by atoms with van der Waals surface area (Å²) in [6, 6.07) is 19.7. The van der Waals surface area contributed by atoms with E-state index in [1.165, 1.54) is 22.5 Å². The van der Waals surface area contributed by atoms with E-state index in [9.17, 15) is 19.5 Å². The Labute approximate surface area is 427 Å². The quantitative estimate of drug-likeness (QED) is 0.0571. The first-order valence-electron chi connectivity index (χ1n) is 23.5. The van der Waals surface area contributed by atoms with E-state index < -0.39 is 5.97 Å². The zero-order valence-electron chi connectivity index (χ0n) is 40.5. The van der Waals surface area contributed by atoms with Crippen molar-refractivity contribution in [3.63, 3.8) is 0 Å². The molecule has 2 aliphatic rings. The number of pyridine rings is 2. The Morgan fingerprint density at radius 2 is 1.22 bits per heavy atom. The first-order chi connectivity index (χ1) is 34.3. The van der Waals surface area contributed by atoms with Gasteiger partial charge in [0, 0.05) is 122 Å². The number of carbonyl (C=O) groups is 3. The molecule has 6 N–H and O–H groups in total. The Bertz CT molecular complexity index is 3360. The molecule has 14 nitrogen and oxygen atoms in total. The van der Waals surface area contributed by atoms with E-state index in [0.717, 1.165) is 98.0 Å². The Kier molecular flexibility index (Phi) is 15.4. The summed E-state index contributed by atoms with van der Waals surface area (Å²) >= 11 is 3.13. The number of hydrogen-bond acceptors (Lipinski definition) is 11. The molecule has 368 valence electrons. The third-order valence-electron chi connectivity index (χ3n) is 13.0. The minimum atomic E-state index is -0.993. The van der Waals surface area contributed by atoms with Gasteiger partial charge in [0.15, 0.2) is 0 Å². The zero-order valence-corrected chi connectivity index (χ0v) is 42.2. The molecule has 10 rings (SSSR count). The number of anilines is 2. The van der Waals surface area contributed by atoms with Crippen molar-refractivity contribution in [3.05, 3.63) is 152 Å². The van der Waals surface area contributed by atoms with Gasteiger partial charge in [-0.1, -0.05) is 33.4 Å². The average molecular weight is 999 g/mol. The molecular weight excluding hydrogens is 941 g/mol. The maximum absolute atomic E-state index is 13.0. The summed E-state index contributed by atoms with van der Waals surface area (Å²) in [6.07, 6.45) is 10.8. The number of thiazole rings is 2. The van der Waals surface area contributed by atoms with Crippen LogP contribution in [-0.2, 0) is 9.59 Å². The number of H-pyrrole nitrogens is 2. The highest BCUT2D eigenvalue weighted by molar-refractivity contribution is 7.13. The number of nitrogens with one attached hydrogen (secondary N) is 5. The molecule has 0 fully saturated rings. The van der Waals surface area contributed by atoms with Crippen LogP contribution in [0.15, 0.2) is 96.2 Å². The Balaban J connectivity index is 0.000000193. The molecule has 2 amide bonds. The fraction of sp³-hybridized carbons (Fsp3) is 0.232. The Morgan fingerprint density at radius 1 is 0.722 bits per heavy atom. The van der Waals surface area contributed by atoms with E-state index in [0.29, 0.717) is 33.8 Å². The van der Waals surface area contributed by atoms with Crippen LogP contribution in [0.25, 0.3) is 67.0 Å². The lowest BCUT2D eigenvalue weighted by Crippen LogP contribution is -2.33. The van der Waals surface area contributed by atoms with Gasteiger partial charge in [0.1, 0.15) is 10.0 Å². The average Bonchev–Trinajstić information content (AvgIpc) is 4.24. The van der Waals surface area contributed by atoms with Crippen molar-refractivity contribution >= 4 is 75.1 Å². The highest BCUT2D eigenvalue weighted by Crippen LogP contribution is 2.40. The van der Waals surface area contributed by atoms with Crippen molar-refractivity contribution in [2.75, 3.05) is 36.8 Å². The lowest BCUT2D eigenvalue weighted by atomic mass is 9.99. The van der Waals surface area contributed by atoms with E-state index in [4.69, 9.17) is 9.97 Å². The molecule has 0 saturated carbocycles. The number of aromatic nitrogens is 6. The van der Waals surface area contributed by atoms with Crippen LogP contribution in [0.2, 0.25) is 0 Å². The maximum Gasteiger partial charge on any atom is 0.337 e. The van der Waals surface area contributed by atoms with Crippen LogP contribution in [0.4, 0.5) is 11.4 Å². The third-order valence-corrected chi connectivity index (χ3v) is 14.8. The molecule has 0 aliphatic carbocycles. The number of carbonyl (C=O) groups excluding carboxylic acids is 2. The van der Waals surface area contributed by atoms with Crippen LogP contribution in [0.1, 0.15) is 95.2 Å². The van der Waals surface area contributed by atoms with Crippen molar-refractivity contribution < 1.29 is 19.5 Å². The molecule has 0 spiro atoms. The molecule has 8 aromatic rings. The number of aryl methyl sites for hydroxylation is 2.